The lowest BCUT2D eigenvalue weighted by Crippen LogP contribution is -2.37. The summed E-state index contributed by atoms with van der Waals surface area (Å²) in [5.74, 6) is 1.54. The van der Waals surface area contributed by atoms with Crippen molar-refractivity contribution in [1.82, 2.24) is 14.9 Å². The molecule has 0 unspecified atom stereocenters. The first-order chi connectivity index (χ1) is 8.97. The third-order valence-electron chi connectivity index (χ3n) is 2.62. The fourth-order valence-corrected chi connectivity index (χ4v) is 1.55. The van der Waals surface area contributed by atoms with Gasteiger partial charge in [0.25, 0.3) is 0 Å². The summed E-state index contributed by atoms with van der Waals surface area (Å²) < 4.78 is 0. The van der Waals surface area contributed by atoms with Crippen molar-refractivity contribution < 1.29 is 4.79 Å². The second kappa shape index (κ2) is 6.77. The molecule has 1 amide bonds. The van der Waals surface area contributed by atoms with Crippen LogP contribution in [-0.2, 0) is 4.79 Å². The summed E-state index contributed by atoms with van der Waals surface area (Å²) in [7, 11) is 3.46. The van der Waals surface area contributed by atoms with Crippen molar-refractivity contribution in [2.24, 2.45) is 0 Å². The standard InChI is InChI=1S/C12H22N6O/c1-5-14-9-7-10(16-12(13)15-9)18(6-2)8-11(19)17(3)4/h7H,5-6,8H2,1-4H3,(H3,13,14,15,16). The van der Waals surface area contributed by atoms with Gasteiger partial charge in [-0.2, -0.15) is 9.97 Å². The SMILES string of the molecule is CCNc1cc(N(CC)CC(=O)N(C)C)nc(N)n1. The number of nitrogen functional groups attached to an aromatic ring is 1. The van der Waals surface area contributed by atoms with Gasteiger partial charge in [0.2, 0.25) is 11.9 Å². The molecule has 0 spiro atoms. The minimum Gasteiger partial charge on any atom is -0.370 e. The van der Waals surface area contributed by atoms with Gasteiger partial charge in [0.05, 0.1) is 6.54 Å². The van der Waals surface area contributed by atoms with E-state index >= 15 is 0 Å². The van der Waals surface area contributed by atoms with Crippen LogP contribution in [0, 0.1) is 0 Å². The first-order valence-corrected chi connectivity index (χ1v) is 6.31. The third-order valence-corrected chi connectivity index (χ3v) is 2.62. The summed E-state index contributed by atoms with van der Waals surface area (Å²) in [4.78, 5) is 23.5. The summed E-state index contributed by atoms with van der Waals surface area (Å²) in [5.41, 5.74) is 5.69. The number of hydrogen-bond acceptors (Lipinski definition) is 6. The highest BCUT2D eigenvalue weighted by molar-refractivity contribution is 5.80. The van der Waals surface area contributed by atoms with E-state index in [-0.39, 0.29) is 18.4 Å². The van der Waals surface area contributed by atoms with E-state index in [4.69, 9.17) is 5.73 Å². The number of aromatic nitrogens is 2. The van der Waals surface area contributed by atoms with Crippen LogP contribution in [0.3, 0.4) is 0 Å². The van der Waals surface area contributed by atoms with Crippen LogP contribution in [0.25, 0.3) is 0 Å². The Kier molecular flexibility index (Phi) is 5.35. The second-order valence-corrected chi connectivity index (χ2v) is 4.30. The molecule has 0 aromatic carbocycles. The number of anilines is 3. The highest BCUT2D eigenvalue weighted by Gasteiger charge is 2.14. The summed E-state index contributed by atoms with van der Waals surface area (Å²) >= 11 is 0. The Morgan fingerprint density at radius 3 is 2.58 bits per heavy atom. The van der Waals surface area contributed by atoms with Crippen LogP contribution in [0.1, 0.15) is 13.8 Å². The Morgan fingerprint density at radius 2 is 2.05 bits per heavy atom. The summed E-state index contributed by atoms with van der Waals surface area (Å²) in [6.07, 6.45) is 0. The highest BCUT2D eigenvalue weighted by atomic mass is 16.2. The van der Waals surface area contributed by atoms with Crippen LogP contribution in [0.15, 0.2) is 6.07 Å². The maximum Gasteiger partial charge on any atom is 0.241 e. The maximum atomic E-state index is 11.8. The zero-order chi connectivity index (χ0) is 14.4. The molecule has 0 aliphatic carbocycles. The smallest absolute Gasteiger partial charge is 0.241 e. The van der Waals surface area contributed by atoms with Gasteiger partial charge >= 0.3 is 0 Å². The predicted octanol–water partition coefficient (Wildman–Crippen LogP) is 0.405. The minimum atomic E-state index is 0.0176. The molecule has 106 valence electrons. The number of carbonyl (C=O) groups is 1. The first kappa shape index (κ1) is 15.0. The number of nitrogens with zero attached hydrogens (tertiary/aromatic N) is 4. The Bertz CT molecular complexity index is 434. The molecule has 7 heteroatoms. The van der Waals surface area contributed by atoms with Gasteiger partial charge in [0.1, 0.15) is 11.6 Å². The van der Waals surface area contributed by atoms with Crippen molar-refractivity contribution in [3.05, 3.63) is 6.07 Å². The first-order valence-electron chi connectivity index (χ1n) is 6.31. The average Bonchev–Trinajstić information content (AvgIpc) is 2.35. The fourth-order valence-electron chi connectivity index (χ4n) is 1.55. The third kappa shape index (κ3) is 4.27. The van der Waals surface area contributed by atoms with Crippen LogP contribution in [-0.4, -0.2) is 54.5 Å². The van der Waals surface area contributed by atoms with Crippen molar-refractivity contribution in [1.29, 1.82) is 0 Å². The van der Waals surface area contributed by atoms with Gasteiger partial charge in [-0.1, -0.05) is 0 Å². The number of hydrogen-bond donors (Lipinski definition) is 2. The molecule has 0 saturated heterocycles. The van der Waals surface area contributed by atoms with Gasteiger partial charge < -0.3 is 20.9 Å². The molecule has 0 aliphatic heterocycles. The zero-order valence-corrected chi connectivity index (χ0v) is 12.0. The van der Waals surface area contributed by atoms with Crippen molar-refractivity contribution in [2.45, 2.75) is 13.8 Å². The molecular weight excluding hydrogens is 244 g/mol. The van der Waals surface area contributed by atoms with Gasteiger partial charge in [0.15, 0.2) is 0 Å². The van der Waals surface area contributed by atoms with E-state index in [2.05, 4.69) is 15.3 Å². The van der Waals surface area contributed by atoms with E-state index in [1.165, 1.54) is 0 Å². The quantitative estimate of drug-likeness (QED) is 0.775. The lowest BCUT2D eigenvalue weighted by Gasteiger charge is -2.23. The Labute approximate surface area is 113 Å². The maximum absolute atomic E-state index is 11.8. The van der Waals surface area contributed by atoms with Gasteiger partial charge in [-0.25, -0.2) is 0 Å². The predicted molar refractivity (Wildman–Crippen MR) is 77.2 cm³/mol. The summed E-state index contributed by atoms with van der Waals surface area (Å²) in [6.45, 7) is 5.63. The van der Waals surface area contributed by atoms with Gasteiger partial charge in [-0.3, -0.25) is 4.79 Å². The van der Waals surface area contributed by atoms with Crippen molar-refractivity contribution >= 4 is 23.5 Å². The molecule has 0 aliphatic rings. The highest BCUT2D eigenvalue weighted by Crippen LogP contribution is 2.16. The largest absolute Gasteiger partial charge is 0.370 e. The minimum absolute atomic E-state index is 0.0176. The molecule has 1 rings (SSSR count). The van der Waals surface area contributed by atoms with E-state index in [1.807, 2.05) is 18.7 Å². The average molecular weight is 266 g/mol. The zero-order valence-electron chi connectivity index (χ0n) is 12.0. The molecule has 0 fully saturated rings. The number of carbonyl (C=O) groups excluding carboxylic acids is 1. The van der Waals surface area contributed by atoms with Gasteiger partial charge in [-0.15, -0.1) is 0 Å². The molecule has 0 radical (unpaired) electrons. The van der Waals surface area contributed by atoms with Crippen LogP contribution >= 0.6 is 0 Å². The van der Waals surface area contributed by atoms with E-state index in [0.29, 0.717) is 18.2 Å². The molecule has 3 N–H and O–H groups in total. The van der Waals surface area contributed by atoms with Crippen LogP contribution in [0.5, 0.6) is 0 Å². The number of rotatable bonds is 6. The normalized spacial score (nSPS) is 10.1. The Hall–Kier alpha value is -2.05. The molecular formula is C12H22N6O. The van der Waals surface area contributed by atoms with Crippen LogP contribution in [0.4, 0.5) is 17.6 Å². The van der Waals surface area contributed by atoms with Crippen LogP contribution < -0.4 is 16.0 Å². The molecule has 0 bridgehead atoms. The Balaban J connectivity index is 2.94. The second-order valence-electron chi connectivity index (χ2n) is 4.30. The lowest BCUT2D eigenvalue weighted by molar-refractivity contribution is -0.127. The van der Waals surface area contributed by atoms with Crippen LogP contribution in [0.2, 0.25) is 0 Å². The molecule has 0 atom stereocenters. The monoisotopic (exact) mass is 266 g/mol. The number of amides is 1. The molecule has 1 aromatic rings. The van der Waals surface area contributed by atoms with Gasteiger partial charge in [0, 0.05) is 33.3 Å². The van der Waals surface area contributed by atoms with Gasteiger partial charge in [-0.05, 0) is 13.8 Å². The lowest BCUT2D eigenvalue weighted by atomic mass is 10.4. The molecule has 7 nitrogen and oxygen atoms in total. The van der Waals surface area contributed by atoms with Crippen molar-refractivity contribution in [2.75, 3.05) is 49.7 Å². The van der Waals surface area contributed by atoms with E-state index in [9.17, 15) is 4.79 Å². The number of nitrogens with two attached hydrogens (primary N) is 1. The van der Waals surface area contributed by atoms with E-state index < -0.39 is 0 Å². The van der Waals surface area contributed by atoms with E-state index in [1.54, 1.807) is 25.1 Å². The van der Waals surface area contributed by atoms with E-state index in [0.717, 1.165) is 6.54 Å². The summed E-state index contributed by atoms with van der Waals surface area (Å²) in [5, 5.41) is 3.09. The van der Waals surface area contributed by atoms with Crippen molar-refractivity contribution in [3.8, 4) is 0 Å². The molecule has 19 heavy (non-hydrogen) atoms. The molecule has 1 aromatic heterocycles. The molecule has 0 saturated carbocycles. The van der Waals surface area contributed by atoms with Crippen molar-refractivity contribution in [3.63, 3.8) is 0 Å². The Morgan fingerprint density at radius 1 is 1.37 bits per heavy atom. The fraction of sp³-hybridized carbons (Fsp3) is 0.583. The number of nitrogens with one attached hydrogen (secondary N) is 1. The topological polar surface area (TPSA) is 87.4 Å². The summed E-state index contributed by atoms with van der Waals surface area (Å²) in [6, 6.07) is 1.80. The molecule has 1 heterocycles. The number of likely N-dealkylation sites (N-methyl/N-ethyl adjacent to an activating group) is 2.